The van der Waals surface area contributed by atoms with E-state index in [1.165, 1.54) is 6.42 Å². The van der Waals surface area contributed by atoms with Gasteiger partial charge in [-0.15, -0.1) is 0 Å². The lowest BCUT2D eigenvalue weighted by Gasteiger charge is -2.37. The SMILES string of the molecule is NCC1(c2cc(F)c(OCc3ccccc3)c(Cl)c2)CCCCC1. The van der Waals surface area contributed by atoms with E-state index in [9.17, 15) is 4.39 Å². The van der Waals surface area contributed by atoms with Crippen molar-refractivity contribution in [1.29, 1.82) is 0 Å². The first-order valence-corrected chi connectivity index (χ1v) is 8.89. The Morgan fingerprint density at radius 3 is 2.42 bits per heavy atom. The van der Waals surface area contributed by atoms with E-state index in [2.05, 4.69) is 0 Å². The predicted octanol–water partition coefficient (Wildman–Crippen LogP) is 5.22. The molecule has 0 spiro atoms. The van der Waals surface area contributed by atoms with Crippen LogP contribution in [0.4, 0.5) is 4.39 Å². The van der Waals surface area contributed by atoms with E-state index in [-0.39, 0.29) is 11.2 Å². The van der Waals surface area contributed by atoms with Gasteiger partial charge in [0.1, 0.15) is 6.61 Å². The molecule has 2 aromatic rings. The second-order valence-electron chi connectivity index (χ2n) is 6.59. The highest BCUT2D eigenvalue weighted by atomic mass is 35.5. The third kappa shape index (κ3) is 3.57. The summed E-state index contributed by atoms with van der Waals surface area (Å²) < 4.78 is 20.2. The quantitative estimate of drug-likeness (QED) is 0.804. The molecule has 2 nitrogen and oxygen atoms in total. The highest BCUT2D eigenvalue weighted by Crippen LogP contribution is 2.42. The van der Waals surface area contributed by atoms with Crippen LogP contribution >= 0.6 is 11.6 Å². The van der Waals surface area contributed by atoms with Crippen molar-refractivity contribution >= 4 is 11.6 Å². The minimum Gasteiger partial charge on any atom is -0.484 e. The second-order valence-corrected chi connectivity index (χ2v) is 7.00. The van der Waals surface area contributed by atoms with Gasteiger partial charge in [0, 0.05) is 12.0 Å². The van der Waals surface area contributed by atoms with Gasteiger partial charge >= 0.3 is 0 Å². The van der Waals surface area contributed by atoms with Crippen molar-refractivity contribution in [1.82, 2.24) is 0 Å². The number of hydrogen-bond acceptors (Lipinski definition) is 2. The minimum atomic E-state index is -0.410. The van der Waals surface area contributed by atoms with E-state index in [0.717, 1.165) is 36.8 Å². The molecule has 0 amide bonds. The Morgan fingerprint density at radius 1 is 1.08 bits per heavy atom. The maximum Gasteiger partial charge on any atom is 0.174 e. The number of ether oxygens (including phenoxy) is 1. The zero-order valence-electron chi connectivity index (χ0n) is 13.7. The van der Waals surface area contributed by atoms with Crippen LogP contribution in [0.15, 0.2) is 42.5 Å². The van der Waals surface area contributed by atoms with Crippen LogP contribution in [0.1, 0.15) is 43.2 Å². The lowest BCUT2D eigenvalue weighted by molar-refractivity contribution is 0.284. The van der Waals surface area contributed by atoms with Crippen molar-refractivity contribution in [2.24, 2.45) is 5.73 Å². The maximum atomic E-state index is 14.6. The molecule has 0 aliphatic heterocycles. The molecule has 0 bridgehead atoms. The Bertz CT molecular complexity index is 660. The summed E-state index contributed by atoms with van der Waals surface area (Å²) in [5.41, 5.74) is 7.77. The van der Waals surface area contributed by atoms with Gasteiger partial charge in [-0.25, -0.2) is 4.39 Å². The Morgan fingerprint density at radius 2 is 1.79 bits per heavy atom. The van der Waals surface area contributed by atoms with Gasteiger partial charge in [-0.1, -0.05) is 61.2 Å². The van der Waals surface area contributed by atoms with E-state index in [1.807, 2.05) is 36.4 Å². The summed E-state index contributed by atoms with van der Waals surface area (Å²) in [7, 11) is 0. The Labute approximate surface area is 147 Å². The molecule has 0 unspecified atom stereocenters. The standard InChI is InChI=1S/C20H23ClFNO/c21-17-11-16(20(14-23)9-5-2-6-10-20)12-18(22)19(17)24-13-15-7-3-1-4-8-15/h1,3-4,7-8,11-12H,2,5-6,9-10,13-14,23H2. The molecule has 1 fully saturated rings. The van der Waals surface area contributed by atoms with Gasteiger partial charge in [0.2, 0.25) is 0 Å². The maximum absolute atomic E-state index is 14.6. The molecule has 0 saturated heterocycles. The highest BCUT2D eigenvalue weighted by molar-refractivity contribution is 6.32. The van der Waals surface area contributed by atoms with E-state index in [0.29, 0.717) is 18.2 Å². The average molecular weight is 348 g/mol. The number of benzene rings is 2. The molecule has 0 aromatic heterocycles. The van der Waals surface area contributed by atoms with Gasteiger partial charge in [-0.3, -0.25) is 0 Å². The molecule has 2 N–H and O–H groups in total. The fraction of sp³-hybridized carbons (Fsp3) is 0.400. The Kier molecular flexibility index (Phi) is 5.42. The molecule has 1 aliphatic rings. The van der Waals surface area contributed by atoms with Crippen molar-refractivity contribution in [3.05, 3.63) is 64.4 Å². The third-order valence-corrected chi connectivity index (χ3v) is 5.32. The fourth-order valence-electron chi connectivity index (χ4n) is 3.57. The minimum absolute atomic E-state index is 0.118. The van der Waals surface area contributed by atoms with Crippen molar-refractivity contribution in [3.8, 4) is 5.75 Å². The van der Waals surface area contributed by atoms with E-state index >= 15 is 0 Å². The molecule has 2 aromatic carbocycles. The summed E-state index contributed by atoms with van der Waals surface area (Å²) in [4.78, 5) is 0. The van der Waals surface area contributed by atoms with Crippen molar-refractivity contribution in [3.63, 3.8) is 0 Å². The third-order valence-electron chi connectivity index (χ3n) is 5.04. The first-order chi connectivity index (χ1) is 11.6. The summed E-state index contributed by atoms with van der Waals surface area (Å²) in [5.74, 6) is -0.293. The molecule has 1 aliphatic carbocycles. The van der Waals surface area contributed by atoms with Gasteiger partial charge in [0.05, 0.1) is 5.02 Å². The molecule has 128 valence electrons. The molecule has 3 rings (SSSR count). The van der Waals surface area contributed by atoms with E-state index in [4.69, 9.17) is 22.1 Å². The second kappa shape index (κ2) is 7.54. The smallest absolute Gasteiger partial charge is 0.174 e. The van der Waals surface area contributed by atoms with Crippen molar-refractivity contribution in [2.45, 2.75) is 44.1 Å². The first kappa shape index (κ1) is 17.2. The molecule has 0 radical (unpaired) electrons. The summed E-state index contributed by atoms with van der Waals surface area (Å²) in [6, 6.07) is 13.1. The Balaban J connectivity index is 1.83. The Hall–Kier alpha value is -1.58. The largest absolute Gasteiger partial charge is 0.484 e. The summed E-state index contributed by atoms with van der Waals surface area (Å²) >= 11 is 6.33. The van der Waals surface area contributed by atoms with Crippen molar-refractivity contribution < 1.29 is 9.13 Å². The van der Waals surface area contributed by atoms with Gasteiger partial charge in [-0.05, 0) is 36.1 Å². The van der Waals surface area contributed by atoms with Gasteiger partial charge in [-0.2, -0.15) is 0 Å². The summed E-state index contributed by atoms with van der Waals surface area (Å²) in [5, 5.41) is 0.319. The molecular weight excluding hydrogens is 325 g/mol. The van der Waals surface area contributed by atoms with Crippen LogP contribution in [-0.4, -0.2) is 6.54 Å². The number of rotatable bonds is 5. The normalized spacial score (nSPS) is 16.8. The fourth-order valence-corrected chi connectivity index (χ4v) is 3.84. The van der Waals surface area contributed by atoms with Crippen LogP contribution in [0.5, 0.6) is 5.75 Å². The number of nitrogens with two attached hydrogens (primary N) is 1. The van der Waals surface area contributed by atoms with Crippen LogP contribution in [0, 0.1) is 5.82 Å². The van der Waals surface area contributed by atoms with Crippen LogP contribution in [-0.2, 0) is 12.0 Å². The number of halogens is 2. The molecule has 0 atom stereocenters. The monoisotopic (exact) mass is 347 g/mol. The number of hydrogen-bond donors (Lipinski definition) is 1. The van der Waals surface area contributed by atoms with Gasteiger partial charge in [0.25, 0.3) is 0 Å². The predicted molar refractivity (Wildman–Crippen MR) is 96.0 cm³/mol. The topological polar surface area (TPSA) is 35.2 Å². The van der Waals surface area contributed by atoms with Crippen LogP contribution in [0.25, 0.3) is 0 Å². The summed E-state index contributed by atoms with van der Waals surface area (Å²) in [6.45, 7) is 0.811. The van der Waals surface area contributed by atoms with Gasteiger partial charge < -0.3 is 10.5 Å². The zero-order chi connectivity index (χ0) is 17.0. The van der Waals surface area contributed by atoms with Crippen LogP contribution < -0.4 is 10.5 Å². The molecule has 1 saturated carbocycles. The lowest BCUT2D eigenvalue weighted by Crippen LogP contribution is -2.37. The van der Waals surface area contributed by atoms with E-state index in [1.54, 1.807) is 6.07 Å². The van der Waals surface area contributed by atoms with Crippen LogP contribution in [0.2, 0.25) is 5.02 Å². The molecule has 24 heavy (non-hydrogen) atoms. The van der Waals surface area contributed by atoms with E-state index < -0.39 is 5.82 Å². The molecular formula is C20H23ClFNO. The first-order valence-electron chi connectivity index (χ1n) is 8.51. The average Bonchev–Trinajstić information content (AvgIpc) is 2.62. The molecule has 0 heterocycles. The lowest BCUT2D eigenvalue weighted by atomic mass is 9.69. The highest BCUT2D eigenvalue weighted by Gasteiger charge is 2.33. The van der Waals surface area contributed by atoms with Crippen LogP contribution in [0.3, 0.4) is 0 Å². The summed E-state index contributed by atoms with van der Waals surface area (Å²) in [6.07, 6.45) is 5.45. The molecule has 4 heteroatoms. The van der Waals surface area contributed by atoms with Gasteiger partial charge in [0.15, 0.2) is 11.6 Å². The van der Waals surface area contributed by atoms with Crippen molar-refractivity contribution in [2.75, 3.05) is 6.54 Å². The zero-order valence-corrected chi connectivity index (χ0v) is 14.5.